The second kappa shape index (κ2) is 4.83. The Morgan fingerprint density at radius 1 is 1.18 bits per heavy atom. The van der Waals surface area contributed by atoms with Gasteiger partial charge in [-0.1, -0.05) is 12.2 Å². The van der Waals surface area contributed by atoms with E-state index in [-0.39, 0.29) is 11.4 Å². The molecule has 0 atom stereocenters. The summed E-state index contributed by atoms with van der Waals surface area (Å²) in [6.45, 7) is 13.8. The number of allylic oxidation sites excluding steroid dienone is 1. The van der Waals surface area contributed by atoms with E-state index in [1.54, 1.807) is 0 Å². The minimum Gasteiger partial charge on any atom is -0.460 e. The van der Waals surface area contributed by atoms with Crippen molar-refractivity contribution >= 4 is 5.97 Å². The van der Waals surface area contributed by atoms with Gasteiger partial charge in [0.15, 0.2) is 0 Å². The molecule has 2 heteroatoms. The largest absolute Gasteiger partial charge is 0.460 e. The third-order valence-corrected chi connectivity index (χ3v) is 3.64. The fourth-order valence-electron chi connectivity index (χ4n) is 2.32. The topological polar surface area (TPSA) is 26.3 Å². The summed E-state index contributed by atoms with van der Waals surface area (Å²) in [6.07, 6.45) is 4.23. The highest BCUT2D eigenvalue weighted by atomic mass is 16.6. The van der Waals surface area contributed by atoms with Crippen LogP contribution < -0.4 is 0 Å². The average Bonchev–Trinajstić information content (AvgIpc) is 2.15. The van der Waals surface area contributed by atoms with E-state index in [4.69, 9.17) is 4.74 Å². The van der Waals surface area contributed by atoms with Crippen molar-refractivity contribution in [2.24, 2.45) is 11.3 Å². The molecular formula is C15H26O2. The van der Waals surface area contributed by atoms with Crippen LogP contribution >= 0.6 is 0 Å². The van der Waals surface area contributed by atoms with E-state index in [1.165, 1.54) is 5.57 Å². The van der Waals surface area contributed by atoms with Gasteiger partial charge in [0.25, 0.3) is 0 Å². The van der Waals surface area contributed by atoms with Crippen LogP contribution in [-0.4, -0.2) is 11.6 Å². The summed E-state index contributed by atoms with van der Waals surface area (Å²) in [4.78, 5) is 12.2. The van der Waals surface area contributed by atoms with Crippen molar-refractivity contribution in [3.05, 3.63) is 12.2 Å². The Kier molecular flexibility index (Phi) is 4.06. The monoisotopic (exact) mass is 238 g/mol. The van der Waals surface area contributed by atoms with E-state index in [1.807, 2.05) is 34.6 Å². The van der Waals surface area contributed by atoms with Gasteiger partial charge in [0.1, 0.15) is 5.60 Å². The first-order valence-electron chi connectivity index (χ1n) is 6.53. The van der Waals surface area contributed by atoms with Gasteiger partial charge in [-0.15, -0.1) is 0 Å². The Morgan fingerprint density at radius 3 is 2.06 bits per heavy atom. The van der Waals surface area contributed by atoms with Crippen molar-refractivity contribution in [1.29, 1.82) is 0 Å². The van der Waals surface area contributed by atoms with Crippen molar-refractivity contribution in [3.63, 3.8) is 0 Å². The van der Waals surface area contributed by atoms with Gasteiger partial charge in [-0.05, 0) is 66.2 Å². The van der Waals surface area contributed by atoms with Crippen LogP contribution in [0.5, 0.6) is 0 Å². The average molecular weight is 238 g/mol. The first-order valence-corrected chi connectivity index (χ1v) is 6.53. The Bertz CT molecular complexity index is 297. The van der Waals surface area contributed by atoms with Crippen molar-refractivity contribution in [2.75, 3.05) is 0 Å². The molecule has 0 aromatic heterocycles. The maximum absolute atomic E-state index is 12.2. The number of rotatable bonds is 2. The summed E-state index contributed by atoms with van der Waals surface area (Å²) in [7, 11) is 0. The molecule has 2 nitrogen and oxygen atoms in total. The molecule has 1 rings (SSSR count). The zero-order chi connectivity index (χ0) is 13.3. The molecule has 0 spiro atoms. The number of ether oxygens (including phenoxy) is 1. The first-order chi connectivity index (χ1) is 7.63. The fourth-order valence-corrected chi connectivity index (χ4v) is 2.32. The van der Waals surface area contributed by atoms with Crippen LogP contribution in [0.1, 0.15) is 60.3 Å². The Labute approximate surface area is 105 Å². The fraction of sp³-hybridized carbons (Fsp3) is 0.800. The van der Waals surface area contributed by atoms with Gasteiger partial charge in [0.2, 0.25) is 0 Å². The smallest absolute Gasteiger partial charge is 0.312 e. The van der Waals surface area contributed by atoms with E-state index in [2.05, 4.69) is 6.58 Å². The molecule has 0 amide bonds. The standard InChI is InChI=1S/C15H26O2/c1-11-7-9-12(10-8-11)15(5,6)13(16)17-14(2,3)4/h12H,1,7-10H2,2-6H3. The van der Waals surface area contributed by atoms with Crippen molar-refractivity contribution in [2.45, 2.75) is 65.9 Å². The van der Waals surface area contributed by atoms with Gasteiger partial charge < -0.3 is 4.74 Å². The van der Waals surface area contributed by atoms with E-state index in [9.17, 15) is 4.79 Å². The third kappa shape index (κ3) is 3.86. The molecule has 0 unspecified atom stereocenters. The summed E-state index contributed by atoms with van der Waals surface area (Å²) in [5.74, 6) is 0.352. The molecular weight excluding hydrogens is 212 g/mol. The number of hydrogen-bond donors (Lipinski definition) is 0. The number of carbonyl (C=O) groups is 1. The van der Waals surface area contributed by atoms with Gasteiger partial charge in [0, 0.05) is 0 Å². The zero-order valence-electron chi connectivity index (χ0n) is 11.9. The molecule has 0 N–H and O–H groups in total. The normalized spacial score (nSPS) is 19.2. The lowest BCUT2D eigenvalue weighted by molar-refractivity contribution is -0.169. The van der Waals surface area contributed by atoms with E-state index < -0.39 is 5.60 Å². The van der Waals surface area contributed by atoms with Gasteiger partial charge in [-0.25, -0.2) is 0 Å². The molecule has 0 bridgehead atoms. The number of carbonyl (C=O) groups excluding carboxylic acids is 1. The van der Waals surface area contributed by atoms with E-state index >= 15 is 0 Å². The lowest BCUT2D eigenvalue weighted by Crippen LogP contribution is -2.39. The summed E-state index contributed by atoms with van der Waals surface area (Å²) in [5, 5.41) is 0. The molecule has 1 aliphatic rings. The van der Waals surface area contributed by atoms with E-state index in [0.717, 1.165) is 25.7 Å². The Hall–Kier alpha value is -0.790. The van der Waals surface area contributed by atoms with Crippen LogP contribution in [0, 0.1) is 11.3 Å². The van der Waals surface area contributed by atoms with Crippen LogP contribution in [0.3, 0.4) is 0 Å². The second-order valence-corrected chi connectivity index (χ2v) is 6.75. The summed E-state index contributed by atoms with van der Waals surface area (Å²) < 4.78 is 5.52. The second-order valence-electron chi connectivity index (χ2n) is 6.75. The molecule has 0 heterocycles. The molecule has 0 aromatic rings. The predicted molar refractivity (Wildman–Crippen MR) is 70.7 cm³/mol. The quantitative estimate of drug-likeness (QED) is 0.535. The van der Waals surface area contributed by atoms with Crippen LogP contribution in [0.2, 0.25) is 0 Å². The van der Waals surface area contributed by atoms with Crippen LogP contribution in [-0.2, 0) is 9.53 Å². The maximum atomic E-state index is 12.2. The SMILES string of the molecule is C=C1CCC(C(C)(C)C(=O)OC(C)(C)C)CC1. The van der Waals surface area contributed by atoms with Crippen LogP contribution in [0.15, 0.2) is 12.2 Å². The first kappa shape index (κ1) is 14.3. The Morgan fingerprint density at radius 2 is 1.65 bits per heavy atom. The molecule has 1 saturated carbocycles. The van der Waals surface area contributed by atoms with Crippen LogP contribution in [0.4, 0.5) is 0 Å². The molecule has 17 heavy (non-hydrogen) atoms. The van der Waals surface area contributed by atoms with Crippen molar-refractivity contribution in [1.82, 2.24) is 0 Å². The van der Waals surface area contributed by atoms with Gasteiger partial charge in [-0.3, -0.25) is 4.79 Å². The molecule has 1 fully saturated rings. The lowest BCUT2D eigenvalue weighted by Gasteiger charge is -2.37. The molecule has 0 aliphatic heterocycles. The lowest BCUT2D eigenvalue weighted by atomic mass is 9.70. The highest BCUT2D eigenvalue weighted by Gasteiger charge is 2.40. The Balaban J connectivity index is 2.67. The minimum absolute atomic E-state index is 0.0671. The molecule has 0 radical (unpaired) electrons. The zero-order valence-corrected chi connectivity index (χ0v) is 11.9. The maximum Gasteiger partial charge on any atom is 0.312 e. The molecule has 98 valence electrons. The number of esters is 1. The highest BCUT2D eigenvalue weighted by Crippen LogP contribution is 2.40. The third-order valence-electron chi connectivity index (χ3n) is 3.64. The summed E-state index contributed by atoms with van der Waals surface area (Å²) >= 11 is 0. The summed E-state index contributed by atoms with van der Waals surface area (Å²) in [6, 6.07) is 0. The predicted octanol–water partition coefficient (Wildman–Crippen LogP) is 4.10. The minimum atomic E-state index is -0.396. The highest BCUT2D eigenvalue weighted by molar-refractivity contribution is 5.76. The van der Waals surface area contributed by atoms with Gasteiger partial charge >= 0.3 is 5.97 Å². The molecule has 1 aliphatic carbocycles. The van der Waals surface area contributed by atoms with Crippen molar-refractivity contribution in [3.8, 4) is 0 Å². The molecule has 0 aromatic carbocycles. The number of hydrogen-bond acceptors (Lipinski definition) is 2. The van der Waals surface area contributed by atoms with Gasteiger partial charge in [-0.2, -0.15) is 0 Å². The van der Waals surface area contributed by atoms with Gasteiger partial charge in [0.05, 0.1) is 5.41 Å². The van der Waals surface area contributed by atoms with E-state index in [0.29, 0.717) is 5.92 Å². The molecule has 0 saturated heterocycles. The summed E-state index contributed by atoms with van der Waals surface area (Å²) in [5.41, 5.74) is 0.543. The van der Waals surface area contributed by atoms with Crippen LogP contribution in [0.25, 0.3) is 0 Å². The van der Waals surface area contributed by atoms with Crippen molar-refractivity contribution < 1.29 is 9.53 Å².